The molecule has 0 fully saturated rings. The van der Waals surface area contributed by atoms with E-state index in [1.165, 1.54) is 0 Å². The van der Waals surface area contributed by atoms with Crippen molar-refractivity contribution in [2.45, 2.75) is 31.6 Å². The maximum absolute atomic E-state index is 13.2. The fourth-order valence-corrected chi connectivity index (χ4v) is 3.06. The molecule has 0 aliphatic carbocycles. The minimum atomic E-state index is -4.84. The molecule has 1 aromatic heterocycles. The Balaban J connectivity index is 2.25. The molecule has 1 aliphatic heterocycles. The number of rotatable bonds is 1. The molecule has 0 bridgehead atoms. The molecule has 2 aromatic rings. The minimum absolute atomic E-state index is 0.00215. The first-order valence-corrected chi connectivity index (χ1v) is 7.34. The van der Waals surface area contributed by atoms with E-state index in [0.717, 1.165) is 12.1 Å². The highest BCUT2D eigenvalue weighted by atomic mass is 19.4. The molecule has 0 N–H and O–H groups in total. The highest BCUT2D eigenvalue weighted by Gasteiger charge is 2.40. The zero-order chi connectivity index (χ0) is 18.6. The summed E-state index contributed by atoms with van der Waals surface area (Å²) in [5.41, 5.74) is -2.79. The quantitative estimate of drug-likeness (QED) is 0.534. The van der Waals surface area contributed by atoms with E-state index in [1.807, 2.05) is 0 Å². The first kappa shape index (κ1) is 17.6. The van der Waals surface area contributed by atoms with E-state index >= 15 is 0 Å². The molecular weight excluding hydrogens is 354 g/mol. The molecule has 1 unspecified atom stereocenters. The Bertz CT molecular complexity index is 865. The van der Waals surface area contributed by atoms with E-state index in [0.29, 0.717) is 6.07 Å². The van der Waals surface area contributed by atoms with Crippen molar-refractivity contribution in [1.82, 2.24) is 0 Å². The van der Waals surface area contributed by atoms with Gasteiger partial charge in [0.1, 0.15) is 11.3 Å². The summed E-state index contributed by atoms with van der Waals surface area (Å²) in [5.74, 6) is -1.57. The van der Waals surface area contributed by atoms with Gasteiger partial charge in [0.15, 0.2) is 0 Å². The van der Waals surface area contributed by atoms with Crippen LogP contribution in [0.5, 0.6) is 5.75 Å². The van der Waals surface area contributed by atoms with E-state index in [4.69, 9.17) is 9.15 Å². The normalized spacial score (nSPS) is 21.1. The number of fused-ring (bicyclic) bond motifs is 2. The molecule has 1 aliphatic rings. The molecule has 0 saturated heterocycles. The second-order valence-corrected chi connectivity index (χ2v) is 6.08. The summed E-state index contributed by atoms with van der Waals surface area (Å²) in [5, 5.41) is -0.462. The average Bonchev–Trinajstić information content (AvgIpc) is 2.46. The van der Waals surface area contributed by atoms with E-state index in [2.05, 4.69) is 0 Å². The lowest BCUT2D eigenvalue weighted by molar-refractivity contribution is -0.143. The number of hydrogen-bond acceptors (Lipinski definition) is 3. The Labute approximate surface area is 137 Å². The van der Waals surface area contributed by atoms with Crippen molar-refractivity contribution in [1.29, 1.82) is 0 Å². The van der Waals surface area contributed by atoms with Crippen LogP contribution < -0.4 is 10.4 Å². The fourth-order valence-electron chi connectivity index (χ4n) is 3.06. The third kappa shape index (κ3) is 3.45. The van der Waals surface area contributed by atoms with Gasteiger partial charge in [-0.15, -0.1) is 0 Å². The molecule has 3 nitrogen and oxygen atoms in total. The van der Waals surface area contributed by atoms with Gasteiger partial charge < -0.3 is 9.15 Å². The SMILES string of the molecule is C[C@@H]1COc2cc3oc(=O)cc(C(F)(F)F)c3cc2C1CC(F)(F)F. The number of alkyl halides is 6. The molecule has 136 valence electrons. The zero-order valence-electron chi connectivity index (χ0n) is 12.8. The van der Waals surface area contributed by atoms with E-state index in [-0.39, 0.29) is 23.5 Å². The summed E-state index contributed by atoms with van der Waals surface area (Å²) in [6, 6.07) is 2.33. The summed E-state index contributed by atoms with van der Waals surface area (Å²) >= 11 is 0. The topological polar surface area (TPSA) is 39.4 Å². The van der Waals surface area contributed by atoms with Gasteiger partial charge in [0.25, 0.3) is 0 Å². The molecule has 0 radical (unpaired) electrons. The Kier molecular flexibility index (Phi) is 4.00. The predicted octanol–water partition coefficient (Wildman–Crippen LogP) is 4.88. The second kappa shape index (κ2) is 5.67. The molecule has 0 saturated carbocycles. The summed E-state index contributed by atoms with van der Waals surface area (Å²) < 4.78 is 88.2. The first-order valence-electron chi connectivity index (χ1n) is 7.34. The lowest BCUT2D eigenvalue weighted by Gasteiger charge is -2.32. The zero-order valence-corrected chi connectivity index (χ0v) is 12.8. The van der Waals surface area contributed by atoms with Crippen LogP contribution in [0.4, 0.5) is 26.3 Å². The molecule has 2 atom stereocenters. The molecular formula is C16H12F6O3. The van der Waals surface area contributed by atoms with Crippen molar-refractivity contribution in [3.05, 3.63) is 39.7 Å². The maximum Gasteiger partial charge on any atom is 0.417 e. The number of hydrogen-bond donors (Lipinski definition) is 0. The first-order chi connectivity index (χ1) is 11.5. The van der Waals surface area contributed by atoms with Crippen LogP contribution in [-0.2, 0) is 6.18 Å². The molecule has 0 amide bonds. The Morgan fingerprint density at radius 2 is 1.80 bits per heavy atom. The van der Waals surface area contributed by atoms with Gasteiger partial charge in [-0.3, -0.25) is 0 Å². The maximum atomic E-state index is 13.2. The van der Waals surface area contributed by atoms with Gasteiger partial charge in [0, 0.05) is 23.4 Å². The van der Waals surface area contributed by atoms with Gasteiger partial charge in [-0.2, -0.15) is 26.3 Å². The van der Waals surface area contributed by atoms with E-state index in [1.54, 1.807) is 6.92 Å². The second-order valence-electron chi connectivity index (χ2n) is 6.08. The van der Waals surface area contributed by atoms with Crippen molar-refractivity contribution in [3.8, 4) is 5.75 Å². The molecule has 3 rings (SSSR count). The van der Waals surface area contributed by atoms with E-state index in [9.17, 15) is 31.1 Å². The largest absolute Gasteiger partial charge is 0.493 e. The van der Waals surface area contributed by atoms with Crippen LogP contribution in [0.15, 0.2) is 27.4 Å². The highest BCUT2D eigenvalue weighted by Crippen LogP contribution is 2.46. The Morgan fingerprint density at radius 3 is 2.40 bits per heavy atom. The lowest BCUT2D eigenvalue weighted by Crippen LogP contribution is -2.28. The summed E-state index contributed by atoms with van der Waals surface area (Å²) in [7, 11) is 0. The number of ether oxygens (including phenoxy) is 1. The van der Waals surface area contributed by atoms with Crippen LogP contribution >= 0.6 is 0 Å². The van der Waals surface area contributed by atoms with Gasteiger partial charge in [-0.25, -0.2) is 4.79 Å². The van der Waals surface area contributed by atoms with E-state index < -0.39 is 47.2 Å². The third-order valence-electron chi connectivity index (χ3n) is 4.22. The summed E-state index contributed by atoms with van der Waals surface area (Å²) in [4.78, 5) is 11.4. The standard InChI is InChI=1S/C16H12F6O3/c1-7-6-24-12-4-13-9(2-8(12)10(7)5-15(17,18)19)11(16(20,21)22)3-14(23)25-13/h2-4,7,10H,5-6H2,1H3/t7-,10?/m1/s1. The van der Waals surface area contributed by atoms with Crippen LogP contribution in [0.25, 0.3) is 11.0 Å². The van der Waals surface area contributed by atoms with Gasteiger partial charge in [-0.1, -0.05) is 6.92 Å². The van der Waals surface area contributed by atoms with Crippen LogP contribution in [0.1, 0.15) is 30.4 Å². The molecule has 9 heteroatoms. The average molecular weight is 366 g/mol. The van der Waals surface area contributed by atoms with Crippen LogP contribution in [0, 0.1) is 5.92 Å². The monoisotopic (exact) mass is 366 g/mol. The van der Waals surface area contributed by atoms with Crippen molar-refractivity contribution in [2.75, 3.05) is 6.61 Å². The minimum Gasteiger partial charge on any atom is -0.493 e. The number of benzene rings is 1. The molecule has 25 heavy (non-hydrogen) atoms. The fraction of sp³-hybridized carbons (Fsp3) is 0.438. The number of halogens is 6. The van der Waals surface area contributed by atoms with Crippen LogP contribution in [0.3, 0.4) is 0 Å². The lowest BCUT2D eigenvalue weighted by atomic mass is 9.82. The van der Waals surface area contributed by atoms with Crippen molar-refractivity contribution < 1.29 is 35.5 Å². The van der Waals surface area contributed by atoms with Gasteiger partial charge in [0.05, 0.1) is 18.6 Å². The van der Waals surface area contributed by atoms with Gasteiger partial charge in [-0.05, 0) is 17.5 Å². The Hall–Kier alpha value is -2.19. The highest BCUT2D eigenvalue weighted by molar-refractivity contribution is 5.83. The van der Waals surface area contributed by atoms with Crippen LogP contribution in [0.2, 0.25) is 0 Å². The Morgan fingerprint density at radius 1 is 1.12 bits per heavy atom. The molecule has 1 aromatic carbocycles. The van der Waals surface area contributed by atoms with Crippen molar-refractivity contribution >= 4 is 11.0 Å². The molecule has 0 spiro atoms. The smallest absolute Gasteiger partial charge is 0.417 e. The van der Waals surface area contributed by atoms with Gasteiger partial charge >= 0.3 is 18.0 Å². The third-order valence-corrected chi connectivity index (χ3v) is 4.22. The predicted molar refractivity (Wildman–Crippen MR) is 75.6 cm³/mol. The van der Waals surface area contributed by atoms with Crippen molar-refractivity contribution in [2.24, 2.45) is 5.92 Å². The van der Waals surface area contributed by atoms with Crippen LogP contribution in [-0.4, -0.2) is 12.8 Å². The van der Waals surface area contributed by atoms with Gasteiger partial charge in [0.2, 0.25) is 0 Å². The summed E-state index contributed by atoms with van der Waals surface area (Å²) in [6.07, 6.45) is -10.5. The summed E-state index contributed by atoms with van der Waals surface area (Å²) in [6.45, 7) is 1.53. The molecule has 2 heterocycles. The van der Waals surface area contributed by atoms with Crippen molar-refractivity contribution in [3.63, 3.8) is 0 Å².